The first-order chi connectivity index (χ1) is 14.7. The van der Waals surface area contributed by atoms with Crippen molar-refractivity contribution in [3.05, 3.63) is 82.9 Å². The number of rotatable bonds is 4. The molecule has 0 aliphatic heterocycles. The molecule has 0 atom stereocenters. The normalized spacial score (nSPS) is 11.0. The molecule has 3 aromatic carbocycles. The Morgan fingerprint density at radius 2 is 1.65 bits per heavy atom. The number of methoxy groups -OCH3 is 1. The van der Waals surface area contributed by atoms with Crippen molar-refractivity contribution in [1.29, 1.82) is 0 Å². The van der Waals surface area contributed by atoms with Crippen LogP contribution in [0.15, 0.2) is 66.7 Å². The summed E-state index contributed by atoms with van der Waals surface area (Å²) < 4.78 is 43.6. The number of benzene rings is 3. The molecule has 0 fully saturated rings. The summed E-state index contributed by atoms with van der Waals surface area (Å²) in [6, 6.07) is 14.7. The number of hydrogen-bond donors (Lipinski definition) is 2. The summed E-state index contributed by atoms with van der Waals surface area (Å²) in [5.41, 5.74) is 0.754. The number of hydrogen-bond acceptors (Lipinski definition) is 3. The van der Waals surface area contributed by atoms with Gasteiger partial charge in [0.15, 0.2) is 0 Å². The summed E-state index contributed by atoms with van der Waals surface area (Å²) in [5, 5.41) is 4.87. The van der Waals surface area contributed by atoms with Crippen LogP contribution in [0.5, 0.6) is 5.75 Å². The van der Waals surface area contributed by atoms with Crippen LogP contribution < -0.4 is 15.4 Å². The van der Waals surface area contributed by atoms with Crippen molar-refractivity contribution in [3.8, 4) is 16.9 Å². The van der Waals surface area contributed by atoms with E-state index in [1.54, 1.807) is 18.2 Å². The van der Waals surface area contributed by atoms with E-state index in [1.807, 2.05) is 0 Å². The number of halogens is 4. The quantitative estimate of drug-likeness (QED) is 0.514. The summed E-state index contributed by atoms with van der Waals surface area (Å²) in [4.78, 5) is 24.3. The van der Waals surface area contributed by atoms with Crippen LogP contribution in [0.3, 0.4) is 0 Å². The fourth-order valence-corrected chi connectivity index (χ4v) is 3.05. The zero-order chi connectivity index (χ0) is 22.6. The summed E-state index contributed by atoms with van der Waals surface area (Å²) in [6.07, 6.45) is -4.43. The maximum absolute atomic E-state index is 12.8. The molecule has 0 aromatic heterocycles. The molecule has 160 valence electrons. The lowest BCUT2D eigenvalue weighted by molar-refractivity contribution is -0.137. The topological polar surface area (TPSA) is 67.4 Å². The van der Waals surface area contributed by atoms with Crippen LogP contribution in [-0.4, -0.2) is 19.0 Å². The number of carbonyl (C=O) groups excluding carboxylic acids is 2. The van der Waals surface area contributed by atoms with E-state index >= 15 is 0 Å². The Kier molecular flexibility index (Phi) is 6.50. The molecule has 0 aliphatic carbocycles. The highest BCUT2D eigenvalue weighted by Crippen LogP contribution is 2.35. The van der Waals surface area contributed by atoms with E-state index in [2.05, 4.69) is 10.6 Å². The molecule has 0 spiro atoms. The minimum atomic E-state index is -4.43. The van der Waals surface area contributed by atoms with Gasteiger partial charge >= 0.3 is 12.2 Å². The van der Waals surface area contributed by atoms with Crippen LogP contribution in [0, 0.1) is 0 Å². The second-order valence-corrected chi connectivity index (χ2v) is 6.79. The molecule has 0 radical (unpaired) electrons. The van der Waals surface area contributed by atoms with E-state index in [0.717, 1.165) is 12.1 Å². The first kappa shape index (κ1) is 22.2. The van der Waals surface area contributed by atoms with Crippen LogP contribution in [0.25, 0.3) is 11.1 Å². The third-order valence-electron chi connectivity index (χ3n) is 4.33. The van der Waals surface area contributed by atoms with Gasteiger partial charge in [0, 0.05) is 17.3 Å². The number of alkyl halides is 3. The highest BCUT2D eigenvalue weighted by atomic mass is 35.5. The molecule has 3 aromatic rings. The van der Waals surface area contributed by atoms with Gasteiger partial charge in [-0.3, -0.25) is 10.1 Å². The Bertz CT molecular complexity index is 1120. The number of amides is 3. The van der Waals surface area contributed by atoms with E-state index in [-0.39, 0.29) is 10.6 Å². The second kappa shape index (κ2) is 9.09. The van der Waals surface area contributed by atoms with Gasteiger partial charge in [-0.2, -0.15) is 13.2 Å². The molecule has 0 heterocycles. The Morgan fingerprint density at radius 1 is 0.968 bits per heavy atom. The van der Waals surface area contributed by atoms with E-state index < -0.39 is 23.7 Å². The summed E-state index contributed by atoms with van der Waals surface area (Å²) in [5.74, 6) is -0.341. The van der Waals surface area contributed by atoms with Crippen molar-refractivity contribution in [2.45, 2.75) is 6.18 Å². The molecule has 31 heavy (non-hydrogen) atoms. The predicted molar refractivity (Wildman–Crippen MR) is 111 cm³/mol. The fourth-order valence-electron chi connectivity index (χ4n) is 2.82. The van der Waals surface area contributed by atoms with E-state index in [1.165, 1.54) is 43.5 Å². The van der Waals surface area contributed by atoms with Crippen molar-refractivity contribution in [1.82, 2.24) is 5.32 Å². The van der Waals surface area contributed by atoms with Gasteiger partial charge in [-0.15, -0.1) is 0 Å². The van der Waals surface area contributed by atoms with Crippen molar-refractivity contribution >= 4 is 29.2 Å². The van der Waals surface area contributed by atoms with Gasteiger partial charge in [-0.25, -0.2) is 4.79 Å². The van der Waals surface area contributed by atoms with Crippen molar-refractivity contribution in [2.75, 3.05) is 12.4 Å². The zero-order valence-electron chi connectivity index (χ0n) is 16.1. The Hall–Kier alpha value is -3.52. The van der Waals surface area contributed by atoms with E-state index in [9.17, 15) is 22.8 Å². The molecule has 0 unspecified atom stereocenters. The Labute approximate surface area is 180 Å². The largest absolute Gasteiger partial charge is 0.496 e. The number of imide groups is 1. The third-order valence-corrected chi connectivity index (χ3v) is 4.66. The molecular formula is C22H16ClF3N2O3. The zero-order valence-corrected chi connectivity index (χ0v) is 16.8. The molecule has 9 heteroatoms. The standard InChI is InChI=1S/C22H16ClF3N2O3/c1-31-19-12-15(27-21(30)28-20(29)17-4-2-3-5-18(17)23)10-11-16(19)13-6-8-14(9-7-13)22(24,25)26/h2-12H,1H3,(H2,27,28,29,30). The average Bonchev–Trinajstić information content (AvgIpc) is 2.73. The molecule has 0 saturated carbocycles. The second-order valence-electron chi connectivity index (χ2n) is 6.38. The highest BCUT2D eigenvalue weighted by Gasteiger charge is 2.30. The van der Waals surface area contributed by atoms with Crippen LogP contribution >= 0.6 is 11.6 Å². The SMILES string of the molecule is COc1cc(NC(=O)NC(=O)c2ccccc2Cl)ccc1-c1ccc(C(F)(F)F)cc1. The van der Waals surface area contributed by atoms with Gasteiger partial charge < -0.3 is 10.1 Å². The monoisotopic (exact) mass is 448 g/mol. The Morgan fingerprint density at radius 3 is 2.26 bits per heavy atom. The molecule has 3 amide bonds. The fraction of sp³-hybridized carbons (Fsp3) is 0.0909. The van der Waals surface area contributed by atoms with Crippen molar-refractivity contribution in [2.24, 2.45) is 0 Å². The lowest BCUT2D eigenvalue weighted by Crippen LogP contribution is -2.34. The molecule has 5 nitrogen and oxygen atoms in total. The third kappa shape index (κ3) is 5.35. The molecule has 0 bridgehead atoms. The van der Waals surface area contributed by atoms with Crippen LogP contribution in [-0.2, 0) is 6.18 Å². The number of anilines is 1. The number of urea groups is 1. The maximum Gasteiger partial charge on any atom is 0.416 e. The number of ether oxygens (including phenoxy) is 1. The molecule has 3 rings (SSSR count). The van der Waals surface area contributed by atoms with Gasteiger partial charge in [0.05, 0.1) is 23.3 Å². The number of carbonyl (C=O) groups is 2. The van der Waals surface area contributed by atoms with Crippen LogP contribution in [0.1, 0.15) is 15.9 Å². The van der Waals surface area contributed by atoms with Crippen molar-refractivity contribution in [3.63, 3.8) is 0 Å². The molecule has 0 aliphatic rings. The first-order valence-corrected chi connectivity index (χ1v) is 9.29. The molecule has 2 N–H and O–H groups in total. The van der Waals surface area contributed by atoms with Crippen LogP contribution in [0.4, 0.5) is 23.7 Å². The smallest absolute Gasteiger partial charge is 0.416 e. The lowest BCUT2D eigenvalue weighted by atomic mass is 10.0. The van der Waals surface area contributed by atoms with Gasteiger partial charge in [-0.1, -0.05) is 35.9 Å². The average molecular weight is 449 g/mol. The maximum atomic E-state index is 12.8. The number of nitrogens with one attached hydrogen (secondary N) is 2. The highest BCUT2D eigenvalue weighted by molar-refractivity contribution is 6.34. The van der Waals surface area contributed by atoms with Gasteiger partial charge in [-0.05, 0) is 42.0 Å². The van der Waals surface area contributed by atoms with Crippen LogP contribution in [0.2, 0.25) is 5.02 Å². The molecular weight excluding hydrogens is 433 g/mol. The van der Waals surface area contributed by atoms with E-state index in [4.69, 9.17) is 16.3 Å². The summed E-state index contributed by atoms with van der Waals surface area (Å²) in [6.45, 7) is 0. The first-order valence-electron chi connectivity index (χ1n) is 8.91. The van der Waals surface area contributed by atoms with Gasteiger partial charge in [0.1, 0.15) is 5.75 Å². The summed E-state index contributed by atoms with van der Waals surface area (Å²) >= 11 is 5.94. The lowest BCUT2D eigenvalue weighted by Gasteiger charge is -2.13. The van der Waals surface area contributed by atoms with E-state index in [0.29, 0.717) is 22.6 Å². The summed E-state index contributed by atoms with van der Waals surface area (Å²) in [7, 11) is 1.40. The predicted octanol–water partition coefficient (Wildman–Crippen LogP) is 6.00. The van der Waals surface area contributed by atoms with Gasteiger partial charge in [0.2, 0.25) is 0 Å². The van der Waals surface area contributed by atoms with Crippen molar-refractivity contribution < 1.29 is 27.5 Å². The van der Waals surface area contributed by atoms with Gasteiger partial charge in [0.25, 0.3) is 5.91 Å². The minimum absolute atomic E-state index is 0.148. The molecule has 0 saturated heterocycles. The Balaban J connectivity index is 1.74. The minimum Gasteiger partial charge on any atom is -0.496 e.